The lowest BCUT2D eigenvalue weighted by atomic mass is 10.3. The molecule has 18 heavy (non-hydrogen) atoms. The van der Waals surface area contributed by atoms with E-state index in [0.717, 1.165) is 0 Å². The number of rotatable bonds is 6. The Kier molecular flexibility index (Phi) is 6.15. The van der Waals surface area contributed by atoms with E-state index in [1.165, 1.54) is 11.9 Å². The number of carbonyl (C=O) groups excluding carboxylic acids is 1. The van der Waals surface area contributed by atoms with Crippen LogP contribution in [0, 0.1) is 5.21 Å². The van der Waals surface area contributed by atoms with Crippen molar-refractivity contribution in [3.63, 3.8) is 0 Å². The van der Waals surface area contributed by atoms with Gasteiger partial charge in [-0.25, -0.2) is 0 Å². The molecule has 1 N–H and O–H groups in total. The SMILES string of the molecule is CC(=O)OCO/N=[N+](\[O-])N1CCN(CCO)CC1. The number of hydrogen-bond donors (Lipinski definition) is 1. The van der Waals surface area contributed by atoms with Crippen molar-refractivity contribution in [1.29, 1.82) is 0 Å². The summed E-state index contributed by atoms with van der Waals surface area (Å²) in [5, 5.41) is 24.9. The van der Waals surface area contributed by atoms with Gasteiger partial charge >= 0.3 is 5.97 Å². The zero-order valence-electron chi connectivity index (χ0n) is 10.3. The lowest BCUT2D eigenvalue weighted by Crippen LogP contribution is -2.49. The van der Waals surface area contributed by atoms with Crippen molar-refractivity contribution in [2.24, 2.45) is 5.28 Å². The number of aliphatic hydroxyl groups is 1. The third kappa shape index (κ3) is 5.15. The van der Waals surface area contributed by atoms with Gasteiger partial charge in [0.2, 0.25) is 5.28 Å². The van der Waals surface area contributed by atoms with E-state index in [2.05, 4.69) is 14.9 Å². The summed E-state index contributed by atoms with van der Waals surface area (Å²) in [5.74, 6) is -0.500. The van der Waals surface area contributed by atoms with Crippen molar-refractivity contribution < 1.29 is 24.4 Å². The van der Waals surface area contributed by atoms with Gasteiger partial charge in [-0.3, -0.25) is 9.69 Å². The second kappa shape index (κ2) is 7.67. The zero-order valence-corrected chi connectivity index (χ0v) is 10.3. The Morgan fingerprint density at radius 3 is 2.67 bits per heavy atom. The standard InChI is InChI=1S/C9H18N4O5/c1-9(15)17-8-18-10-13(16)12-4-2-11(3-5-12)6-7-14/h14H,2-8H2,1H3/b13-10-. The summed E-state index contributed by atoms with van der Waals surface area (Å²) in [6, 6.07) is 0. The molecule has 0 amide bonds. The van der Waals surface area contributed by atoms with E-state index in [4.69, 9.17) is 5.11 Å². The highest BCUT2D eigenvalue weighted by Crippen LogP contribution is 2.01. The lowest BCUT2D eigenvalue weighted by molar-refractivity contribution is -0.713. The molecule has 104 valence electrons. The largest absolute Gasteiger partial charge is 0.569 e. The second-order valence-electron chi connectivity index (χ2n) is 3.74. The number of esters is 1. The molecule has 1 saturated heterocycles. The molecule has 1 heterocycles. The molecular formula is C9H18N4O5. The Labute approximate surface area is 105 Å². The summed E-state index contributed by atoms with van der Waals surface area (Å²) in [5.41, 5.74) is 0. The predicted molar refractivity (Wildman–Crippen MR) is 58.9 cm³/mol. The number of hydrogen-bond acceptors (Lipinski definition) is 7. The summed E-state index contributed by atoms with van der Waals surface area (Å²) in [4.78, 5) is 17.3. The third-order valence-electron chi connectivity index (χ3n) is 2.45. The Bertz CT molecular complexity index is 291. The smallest absolute Gasteiger partial charge is 0.305 e. The fourth-order valence-electron chi connectivity index (χ4n) is 1.51. The Hall–Kier alpha value is -1.61. The van der Waals surface area contributed by atoms with E-state index in [9.17, 15) is 10.0 Å². The minimum absolute atomic E-state index is 0.108. The van der Waals surface area contributed by atoms with E-state index >= 15 is 0 Å². The van der Waals surface area contributed by atoms with Crippen LogP contribution >= 0.6 is 0 Å². The maximum absolute atomic E-state index is 11.4. The van der Waals surface area contributed by atoms with E-state index < -0.39 is 5.97 Å². The maximum Gasteiger partial charge on any atom is 0.305 e. The van der Waals surface area contributed by atoms with Crippen LogP contribution in [-0.2, 0) is 14.4 Å². The summed E-state index contributed by atoms with van der Waals surface area (Å²) < 4.78 is 4.45. The van der Waals surface area contributed by atoms with E-state index in [1.807, 2.05) is 4.90 Å². The van der Waals surface area contributed by atoms with Crippen molar-refractivity contribution in [1.82, 2.24) is 9.91 Å². The van der Waals surface area contributed by atoms with Crippen LogP contribution in [0.15, 0.2) is 5.28 Å². The van der Waals surface area contributed by atoms with Gasteiger partial charge in [-0.2, -0.15) is 0 Å². The van der Waals surface area contributed by atoms with Crippen LogP contribution < -0.4 is 0 Å². The molecule has 1 rings (SSSR count). The van der Waals surface area contributed by atoms with E-state index in [1.54, 1.807) is 0 Å². The normalized spacial score (nSPS) is 17.7. The number of hydrazine groups is 1. The molecule has 0 aromatic carbocycles. The average Bonchev–Trinajstić information content (AvgIpc) is 2.35. The first-order chi connectivity index (χ1) is 8.63. The van der Waals surface area contributed by atoms with Gasteiger partial charge in [-0.1, -0.05) is 0 Å². The minimum Gasteiger partial charge on any atom is -0.569 e. The van der Waals surface area contributed by atoms with Gasteiger partial charge < -0.3 is 19.9 Å². The molecule has 0 bridgehead atoms. The van der Waals surface area contributed by atoms with Gasteiger partial charge in [-0.15, -0.1) is 5.01 Å². The first-order valence-electron chi connectivity index (χ1n) is 5.65. The van der Waals surface area contributed by atoms with Gasteiger partial charge in [0, 0.05) is 26.6 Å². The zero-order chi connectivity index (χ0) is 13.4. The molecule has 9 heteroatoms. The van der Waals surface area contributed by atoms with Gasteiger partial charge in [0.25, 0.3) is 6.79 Å². The summed E-state index contributed by atoms with van der Waals surface area (Å²) in [6.45, 7) is 3.94. The highest BCUT2D eigenvalue weighted by atomic mass is 16.8. The van der Waals surface area contributed by atoms with Crippen LogP contribution in [-0.4, -0.2) is 72.1 Å². The van der Waals surface area contributed by atoms with Crippen LogP contribution in [0.4, 0.5) is 0 Å². The molecule has 1 fully saturated rings. The van der Waals surface area contributed by atoms with Crippen molar-refractivity contribution in [2.75, 3.05) is 46.1 Å². The van der Waals surface area contributed by atoms with Crippen molar-refractivity contribution in [3.8, 4) is 0 Å². The molecule has 0 spiro atoms. The molecule has 9 nitrogen and oxygen atoms in total. The molecule has 0 saturated carbocycles. The highest BCUT2D eigenvalue weighted by Gasteiger charge is 2.21. The summed E-state index contributed by atoms with van der Waals surface area (Å²) in [6.07, 6.45) is 0. The molecule has 1 aliphatic heterocycles. The Morgan fingerprint density at radius 1 is 1.44 bits per heavy atom. The summed E-state index contributed by atoms with van der Waals surface area (Å²) in [7, 11) is 0. The number of nitrogens with zero attached hydrogens (tertiary/aromatic N) is 4. The van der Waals surface area contributed by atoms with Gasteiger partial charge in [0.1, 0.15) is 0 Å². The highest BCUT2D eigenvalue weighted by molar-refractivity contribution is 5.65. The maximum atomic E-state index is 11.4. The number of ether oxygens (including phenoxy) is 1. The molecule has 0 radical (unpaired) electrons. The number of piperazine rings is 1. The van der Waals surface area contributed by atoms with Crippen LogP contribution in [0.1, 0.15) is 6.92 Å². The molecule has 0 aromatic heterocycles. The molecule has 0 atom stereocenters. The van der Waals surface area contributed by atoms with Gasteiger partial charge in [-0.05, 0) is 0 Å². The predicted octanol–water partition coefficient (Wildman–Crippen LogP) is -1.07. The van der Waals surface area contributed by atoms with Crippen molar-refractivity contribution in [2.45, 2.75) is 6.92 Å². The fourth-order valence-corrected chi connectivity index (χ4v) is 1.51. The molecule has 0 aromatic rings. The number of aliphatic hydroxyl groups excluding tert-OH is 1. The van der Waals surface area contributed by atoms with E-state index in [0.29, 0.717) is 37.7 Å². The first-order valence-corrected chi connectivity index (χ1v) is 5.65. The van der Waals surface area contributed by atoms with Crippen molar-refractivity contribution in [3.05, 3.63) is 5.21 Å². The Balaban J connectivity index is 2.24. The third-order valence-corrected chi connectivity index (χ3v) is 2.45. The fraction of sp³-hybridized carbons (Fsp3) is 0.889. The molecule has 0 aliphatic carbocycles. The van der Waals surface area contributed by atoms with Crippen LogP contribution in [0.3, 0.4) is 0 Å². The first kappa shape index (κ1) is 14.5. The molecule has 1 aliphatic rings. The topological polar surface area (TPSA) is 101 Å². The van der Waals surface area contributed by atoms with Gasteiger partial charge in [0.05, 0.1) is 24.7 Å². The van der Waals surface area contributed by atoms with Crippen LogP contribution in [0.2, 0.25) is 0 Å². The van der Waals surface area contributed by atoms with Crippen LogP contribution in [0.5, 0.6) is 0 Å². The number of carbonyl (C=O) groups is 1. The lowest BCUT2D eigenvalue weighted by Gasteiger charge is -2.30. The summed E-state index contributed by atoms with van der Waals surface area (Å²) >= 11 is 0. The Morgan fingerprint density at radius 2 is 2.11 bits per heavy atom. The average molecular weight is 262 g/mol. The monoisotopic (exact) mass is 262 g/mol. The molecular weight excluding hydrogens is 244 g/mol. The second-order valence-corrected chi connectivity index (χ2v) is 3.74. The molecule has 0 unspecified atom stereocenters. The minimum atomic E-state index is -0.500. The van der Waals surface area contributed by atoms with Crippen molar-refractivity contribution >= 4 is 5.97 Å². The van der Waals surface area contributed by atoms with Gasteiger partial charge in [0.15, 0.2) is 0 Å². The van der Waals surface area contributed by atoms with Crippen LogP contribution in [0.25, 0.3) is 0 Å². The van der Waals surface area contributed by atoms with E-state index in [-0.39, 0.29) is 13.4 Å². The quantitative estimate of drug-likeness (QED) is 0.162. The number of β-amino-alcohol motifs (C(OH)–C–C–N with tert-alkyl or cyclic N) is 1.